The molecular formula is C23H30N4O2. The van der Waals surface area contributed by atoms with Gasteiger partial charge in [0.05, 0.1) is 6.42 Å². The van der Waals surface area contributed by atoms with Crippen molar-refractivity contribution in [2.24, 2.45) is 11.7 Å². The highest BCUT2D eigenvalue weighted by Gasteiger charge is 2.29. The van der Waals surface area contributed by atoms with E-state index in [-0.39, 0.29) is 29.7 Å². The Morgan fingerprint density at radius 3 is 2.69 bits per heavy atom. The van der Waals surface area contributed by atoms with Gasteiger partial charge in [-0.15, -0.1) is 0 Å². The summed E-state index contributed by atoms with van der Waals surface area (Å²) in [4.78, 5) is 30.4. The molecule has 3 N–H and O–H groups in total. The Balaban J connectivity index is 1.82. The van der Waals surface area contributed by atoms with Crippen molar-refractivity contribution in [3.63, 3.8) is 0 Å². The number of pyridine rings is 1. The zero-order valence-electron chi connectivity index (χ0n) is 17.6. The van der Waals surface area contributed by atoms with Crippen LogP contribution in [0.2, 0.25) is 0 Å². The highest BCUT2D eigenvalue weighted by molar-refractivity contribution is 5.99. The molecule has 1 aromatic heterocycles. The van der Waals surface area contributed by atoms with Crippen LogP contribution in [-0.4, -0.2) is 41.8 Å². The fourth-order valence-corrected chi connectivity index (χ4v) is 4.19. The van der Waals surface area contributed by atoms with Crippen LogP contribution in [0.15, 0.2) is 36.7 Å². The van der Waals surface area contributed by atoms with Gasteiger partial charge in [0, 0.05) is 30.0 Å². The van der Waals surface area contributed by atoms with Gasteiger partial charge in [-0.3, -0.25) is 14.6 Å². The predicted molar refractivity (Wildman–Crippen MR) is 115 cm³/mol. The van der Waals surface area contributed by atoms with E-state index in [9.17, 15) is 9.59 Å². The van der Waals surface area contributed by atoms with Gasteiger partial charge in [-0.2, -0.15) is 0 Å². The number of nitrogens with one attached hydrogen (secondary N) is 1. The van der Waals surface area contributed by atoms with E-state index < -0.39 is 0 Å². The van der Waals surface area contributed by atoms with E-state index in [2.05, 4.69) is 28.2 Å². The van der Waals surface area contributed by atoms with Gasteiger partial charge in [0.2, 0.25) is 11.8 Å². The van der Waals surface area contributed by atoms with Crippen molar-refractivity contribution in [1.82, 2.24) is 9.88 Å². The Bertz CT molecular complexity index is 895. The maximum Gasteiger partial charge on any atom is 0.228 e. The highest BCUT2D eigenvalue weighted by Crippen LogP contribution is 2.32. The number of carbonyl (C=O) groups is 2. The molecular weight excluding hydrogens is 364 g/mol. The number of benzene rings is 1. The summed E-state index contributed by atoms with van der Waals surface area (Å²) in [5, 5.41) is 2.91. The zero-order valence-corrected chi connectivity index (χ0v) is 17.6. The maximum absolute atomic E-state index is 12.3. The van der Waals surface area contributed by atoms with Crippen LogP contribution in [0.5, 0.6) is 0 Å². The zero-order chi connectivity index (χ0) is 21.1. The first kappa shape index (κ1) is 21.0. The van der Waals surface area contributed by atoms with E-state index in [4.69, 9.17) is 5.73 Å². The largest absolute Gasteiger partial charge is 0.369 e. The van der Waals surface area contributed by atoms with Crippen LogP contribution in [-0.2, 0) is 22.4 Å². The number of nitrogens with two attached hydrogens (primary N) is 1. The van der Waals surface area contributed by atoms with Crippen molar-refractivity contribution in [3.05, 3.63) is 58.9 Å². The molecule has 3 atom stereocenters. The molecule has 6 heteroatoms. The third kappa shape index (κ3) is 4.65. The average Bonchev–Trinajstić information content (AvgIpc) is 3.07. The second kappa shape index (κ2) is 8.74. The first-order valence-corrected chi connectivity index (χ1v) is 10.0. The fourth-order valence-electron chi connectivity index (χ4n) is 4.19. The summed E-state index contributed by atoms with van der Waals surface area (Å²) >= 11 is 0. The first-order chi connectivity index (χ1) is 13.8. The number of fused-ring (bicyclic) bond motifs is 1. The fraction of sp³-hybridized carbons (Fsp3) is 0.435. The Labute approximate surface area is 172 Å². The molecule has 2 unspecified atom stereocenters. The maximum atomic E-state index is 12.3. The van der Waals surface area contributed by atoms with Gasteiger partial charge in [-0.1, -0.05) is 19.1 Å². The summed E-state index contributed by atoms with van der Waals surface area (Å²) in [7, 11) is 4.07. The van der Waals surface area contributed by atoms with Crippen LogP contribution in [0.1, 0.15) is 41.5 Å². The molecule has 2 aromatic rings. The van der Waals surface area contributed by atoms with Gasteiger partial charge >= 0.3 is 0 Å². The molecule has 0 bridgehead atoms. The van der Waals surface area contributed by atoms with Crippen LogP contribution in [0.3, 0.4) is 0 Å². The quantitative estimate of drug-likeness (QED) is 0.720. The van der Waals surface area contributed by atoms with Gasteiger partial charge in [-0.05, 0) is 74.2 Å². The number of hydrogen-bond acceptors (Lipinski definition) is 4. The second-order valence-corrected chi connectivity index (χ2v) is 8.24. The van der Waals surface area contributed by atoms with Crippen molar-refractivity contribution >= 4 is 17.5 Å². The van der Waals surface area contributed by atoms with Gasteiger partial charge < -0.3 is 16.0 Å². The SMILES string of the molecule is Cc1c(C[C@H](CC(C(N)=O)C(C)c2cccnc2)N(C)C)ccc2c1CC(=O)N2. The summed E-state index contributed by atoms with van der Waals surface area (Å²) < 4.78 is 0. The topological polar surface area (TPSA) is 88.3 Å². The third-order valence-electron chi connectivity index (χ3n) is 6.21. The molecule has 0 radical (unpaired) electrons. The monoisotopic (exact) mass is 394 g/mol. The highest BCUT2D eigenvalue weighted by atomic mass is 16.2. The Hall–Kier alpha value is -2.73. The lowest BCUT2D eigenvalue weighted by atomic mass is 9.81. The van der Waals surface area contributed by atoms with Crippen molar-refractivity contribution in [1.29, 1.82) is 0 Å². The molecule has 2 amide bonds. The molecule has 6 nitrogen and oxygen atoms in total. The molecule has 1 aliphatic heterocycles. The predicted octanol–water partition coefficient (Wildman–Crippen LogP) is 2.65. The van der Waals surface area contributed by atoms with E-state index in [1.807, 2.05) is 39.2 Å². The van der Waals surface area contributed by atoms with Gasteiger partial charge in [0.1, 0.15) is 0 Å². The average molecular weight is 395 g/mol. The van der Waals surface area contributed by atoms with Crippen molar-refractivity contribution in [3.8, 4) is 0 Å². The van der Waals surface area contributed by atoms with Gasteiger partial charge in [-0.25, -0.2) is 0 Å². The number of hydrogen-bond donors (Lipinski definition) is 2. The summed E-state index contributed by atoms with van der Waals surface area (Å²) in [5.41, 5.74) is 11.2. The summed E-state index contributed by atoms with van der Waals surface area (Å²) in [6.45, 7) is 4.11. The Morgan fingerprint density at radius 2 is 2.07 bits per heavy atom. The van der Waals surface area contributed by atoms with E-state index in [0.717, 1.165) is 28.8 Å². The second-order valence-electron chi connectivity index (χ2n) is 8.24. The number of nitrogens with zero attached hydrogens (tertiary/aromatic N) is 2. The van der Waals surface area contributed by atoms with Crippen LogP contribution in [0.25, 0.3) is 0 Å². The molecule has 29 heavy (non-hydrogen) atoms. The minimum atomic E-state index is -0.287. The Kier molecular flexibility index (Phi) is 6.33. The number of amides is 2. The lowest BCUT2D eigenvalue weighted by Gasteiger charge is -2.31. The van der Waals surface area contributed by atoms with E-state index in [0.29, 0.717) is 12.8 Å². The molecule has 2 heterocycles. The Morgan fingerprint density at radius 1 is 1.31 bits per heavy atom. The van der Waals surface area contributed by atoms with Gasteiger partial charge in [0.25, 0.3) is 0 Å². The van der Waals surface area contributed by atoms with Gasteiger partial charge in [0.15, 0.2) is 0 Å². The standard InChI is InChI=1S/C23H30N4O2/c1-14-16(7-8-21-19(14)12-22(28)26-21)10-18(27(3)4)11-20(23(24)29)15(2)17-6-5-9-25-13-17/h5-9,13,15,18,20H,10-12H2,1-4H3,(H2,24,29)(H,26,28)/t15?,18-,20?/m1/s1. The molecule has 154 valence electrons. The number of carbonyl (C=O) groups excluding carboxylic acids is 2. The molecule has 0 spiro atoms. The number of primary amides is 1. The summed E-state index contributed by atoms with van der Waals surface area (Å²) in [5.74, 6) is -0.534. The van der Waals surface area contributed by atoms with E-state index in [1.165, 1.54) is 5.56 Å². The molecule has 0 saturated heterocycles. The number of aromatic nitrogens is 1. The lowest BCUT2D eigenvalue weighted by molar-refractivity contribution is -0.123. The van der Waals surface area contributed by atoms with Crippen LogP contribution >= 0.6 is 0 Å². The van der Waals surface area contributed by atoms with Crippen LogP contribution < -0.4 is 11.1 Å². The molecule has 1 aliphatic rings. The molecule has 0 fully saturated rings. The number of anilines is 1. The lowest BCUT2D eigenvalue weighted by Crippen LogP contribution is -2.38. The van der Waals surface area contributed by atoms with Crippen molar-refractivity contribution < 1.29 is 9.59 Å². The third-order valence-corrected chi connectivity index (χ3v) is 6.21. The van der Waals surface area contributed by atoms with Crippen molar-refractivity contribution in [2.45, 2.75) is 45.1 Å². The minimum absolute atomic E-state index is 0.00779. The molecule has 0 aliphatic carbocycles. The summed E-state index contributed by atoms with van der Waals surface area (Å²) in [6.07, 6.45) is 5.42. The molecule has 3 rings (SSSR count). The normalized spacial score (nSPS) is 16.2. The number of likely N-dealkylation sites (N-methyl/N-ethyl adjacent to an activating group) is 1. The summed E-state index contributed by atoms with van der Waals surface area (Å²) in [6, 6.07) is 8.09. The smallest absolute Gasteiger partial charge is 0.228 e. The van der Waals surface area contributed by atoms with Crippen LogP contribution in [0, 0.1) is 12.8 Å². The molecule has 0 saturated carbocycles. The van der Waals surface area contributed by atoms with E-state index >= 15 is 0 Å². The number of rotatable bonds is 8. The van der Waals surface area contributed by atoms with Crippen molar-refractivity contribution in [2.75, 3.05) is 19.4 Å². The first-order valence-electron chi connectivity index (χ1n) is 10.0. The molecule has 1 aromatic carbocycles. The minimum Gasteiger partial charge on any atom is -0.369 e. The van der Waals surface area contributed by atoms with Crippen LogP contribution in [0.4, 0.5) is 5.69 Å². The van der Waals surface area contributed by atoms with E-state index in [1.54, 1.807) is 12.4 Å².